The van der Waals surface area contributed by atoms with Crippen LogP contribution in [0.4, 0.5) is 0 Å². The minimum Gasteiger partial charge on any atom is -0.458 e. The van der Waals surface area contributed by atoms with E-state index in [0.717, 1.165) is 23.1 Å². The van der Waals surface area contributed by atoms with Gasteiger partial charge in [-0.1, -0.05) is 18.6 Å². The number of hydrogen-bond donors (Lipinski definition) is 0. The average Bonchev–Trinajstić information content (AvgIpc) is 2.30. The van der Waals surface area contributed by atoms with Crippen molar-refractivity contribution in [2.45, 2.75) is 53.6 Å². The molecule has 0 saturated heterocycles. The summed E-state index contributed by atoms with van der Waals surface area (Å²) in [6.45, 7) is 9.62. The number of hydrogen-bond acceptors (Lipinski definition) is 3. The third kappa shape index (κ3) is 2.72. The lowest BCUT2D eigenvalue weighted by Gasteiger charge is -2.42. The molecule has 0 heterocycles. The molecular weight excluding hydrogens is 252 g/mol. The van der Waals surface area contributed by atoms with E-state index in [4.69, 9.17) is 4.74 Å². The highest BCUT2D eigenvalue weighted by atomic mass is 16.5. The highest BCUT2D eigenvalue weighted by Crippen LogP contribution is 2.45. The fourth-order valence-electron chi connectivity index (χ4n) is 3.67. The predicted octanol–water partition coefficient (Wildman–Crippen LogP) is 3.45. The first kappa shape index (κ1) is 15.0. The van der Waals surface area contributed by atoms with Gasteiger partial charge in [-0.3, -0.25) is 9.59 Å². The van der Waals surface area contributed by atoms with Gasteiger partial charge in [0.05, 0.1) is 0 Å². The summed E-state index contributed by atoms with van der Waals surface area (Å²) in [7, 11) is 0. The minimum absolute atomic E-state index is 0.122. The number of allylic oxidation sites excluding steroid dienone is 3. The van der Waals surface area contributed by atoms with Crippen molar-refractivity contribution in [3.05, 3.63) is 22.8 Å². The molecule has 1 saturated carbocycles. The van der Waals surface area contributed by atoms with Crippen molar-refractivity contribution in [2.24, 2.45) is 17.8 Å². The van der Waals surface area contributed by atoms with E-state index < -0.39 is 0 Å². The molecule has 0 aromatic rings. The van der Waals surface area contributed by atoms with Gasteiger partial charge in [0.25, 0.3) is 0 Å². The summed E-state index contributed by atoms with van der Waals surface area (Å²) < 4.78 is 5.42. The van der Waals surface area contributed by atoms with E-state index >= 15 is 0 Å². The fourth-order valence-corrected chi connectivity index (χ4v) is 3.67. The molecule has 2 aliphatic rings. The molecule has 0 aliphatic heterocycles. The van der Waals surface area contributed by atoms with Gasteiger partial charge >= 0.3 is 5.97 Å². The molecule has 4 atom stereocenters. The van der Waals surface area contributed by atoms with Gasteiger partial charge in [-0.25, -0.2) is 0 Å². The Balaban J connectivity index is 2.37. The van der Waals surface area contributed by atoms with Crippen LogP contribution in [0.1, 0.15) is 47.5 Å². The van der Waals surface area contributed by atoms with E-state index in [1.54, 1.807) is 0 Å². The molecule has 0 amide bonds. The first-order valence-corrected chi connectivity index (χ1v) is 7.37. The highest BCUT2D eigenvalue weighted by molar-refractivity contribution is 5.98. The van der Waals surface area contributed by atoms with Crippen LogP contribution in [0.3, 0.4) is 0 Å². The highest BCUT2D eigenvalue weighted by Gasteiger charge is 2.42. The van der Waals surface area contributed by atoms with Gasteiger partial charge in [-0.15, -0.1) is 0 Å². The Labute approximate surface area is 121 Å². The molecule has 0 N–H and O–H groups in total. The van der Waals surface area contributed by atoms with Crippen molar-refractivity contribution in [3.8, 4) is 0 Å². The number of Topliss-reactive ketones (excluding diaryl/α,β-unsaturated/α-hetero) is 1. The molecule has 3 nitrogen and oxygen atoms in total. The van der Waals surface area contributed by atoms with Gasteiger partial charge in [-0.2, -0.15) is 0 Å². The maximum absolute atomic E-state index is 12.3. The van der Waals surface area contributed by atoms with Crippen LogP contribution >= 0.6 is 0 Å². The summed E-state index contributed by atoms with van der Waals surface area (Å²) in [5, 5.41) is 0. The minimum atomic E-state index is -0.233. The van der Waals surface area contributed by atoms with Crippen molar-refractivity contribution >= 4 is 11.8 Å². The van der Waals surface area contributed by atoms with E-state index in [1.807, 2.05) is 20.8 Å². The third-order valence-electron chi connectivity index (χ3n) is 4.62. The van der Waals surface area contributed by atoms with Crippen LogP contribution < -0.4 is 0 Å². The standard InChI is InChI=1S/C17H24O3/c1-9(2)17-14-6-11(4)16(20-12(5)18)8-13(14)10(3)7-15(17)19/h6,10,13-14,16H,7-8H2,1-5H3/t10-,13+,14+,16+/m1/s1. The van der Waals surface area contributed by atoms with Crippen molar-refractivity contribution in [1.82, 2.24) is 0 Å². The molecule has 0 aromatic heterocycles. The van der Waals surface area contributed by atoms with Crippen LogP contribution in [0, 0.1) is 17.8 Å². The Hall–Kier alpha value is -1.38. The molecule has 0 spiro atoms. The van der Waals surface area contributed by atoms with Gasteiger partial charge in [0.2, 0.25) is 0 Å². The first-order valence-electron chi connectivity index (χ1n) is 7.37. The Kier molecular flexibility index (Phi) is 4.17. The van der Waals surface area contributed by atoms with Crippen molar-refractivity contribution < 1.29 is 14.3 Å². The summed E-state index contributed by atoms with van der Waals surface area (Å²) in [5.41, 5.74) is 3.17. The van der Waals surface area contributed by atoms with Gasteiger partial charge < -0.3 is 4.74 Å². The number of fused-ring (bicyclic) bond motifs is 1. The second-order valence-corrected chi connectivity index (χ2v) is 6.45. The molecule has 3 heteroatoms. The number of rotatable bonds is 1. The molecule has 2 aliphatic carbocycles. The predicted molar refractivity (Wildman–Crippen MR) is 78.1 cm³/mol. The van der Waals surface area contributed by atoms with E-state index in [0.29, 0.717) is 18.3 Å². The van der Waals surface area contributed by atoms with E-state index in [9.17, 15) is 9.59 Å². The molecule has 2 rings (SSSR count). The Morgan fingerprint density at radius 3 is 2.50 bits per heavy atom. The number of carbonyl (C=O) groups excluding carboxylic acids is 2. The molecule has 0 radical (unpaired) electrons. The van der Waals surface area contributed by atoms with Gasteiger partial charge in [-0.05, 0) is 44.6 Å². The van der Waals surface area contributed by atoms with Gasteiger partial charge in [0, 0.05) is 24.8 Å². The molecule has 0 bridgehead atoms. The van der Waals surface area contributed by atoms with E-state index in [-0.39, 0.29) is 23.8 Å². The fraction of sp³-hybridized carbons (Fsp3) is 0.647. The molecule has 110 valence electrons. The van der Waals surface area contributed by atoms with E-state index in [1.165, 1.54) is 6.92 Å². The van der Waals surface area contributed by atoms with Crippen LogP contribution in [0.2, 0.25) is 0 Å². The maximum atomic E-state index is 12.3. The van der Waals surface area contributed by atoms with Crippen molar-refractivity contribution in [1.29, 1.82) is 0 Å². The number of ether oxygens (including phenoxy) is 1. The van der Waals surface area contributed by atoms with Crippen molar-refractivity contribution in [2.75, 3.05) is 0 Å². The number of ketones is 1. The van der Waals surface area contributed by atoms with Crippen LogP contribution in [-0.2, 0) is 14.3 Å². The second-order valence-electron chi connectivity index (χ2n) is 6.45. The molecule has 0 unspecified atom stereocenters. The zero-order valence-electron chi connectivity index (χ0n) is 13.0. The topological polar surface area (TPSA) is 43.4 Å². The summed E-state index contributed by atoms with van der Waals surface area (Å²) in [5.74, 6) is 0.989. The zero-order valence-corrected chi connectivity index (χ0v) is 13.0. The Bertz CT molecular complexity index is 494. The largest absolute Gasteiger partial charge is 0.458 e. The lowest BCUT2D eigenvalue weighted by molar-refractivity contribution is -0.146. The maximum Gasteiger partial charge on any atom is 0.303 e. The smallest absolute Gasteiger partial charge is 0.303 e. The quantitative estimate of drug-likeness (QED) is 0.418. The van der Waals surface area contributed by atoms with Crippen LogP contribution in [0.5, 0.6) is 0 Å². The SMILES string of the molecule is CC(=O)O[C@H]1C[C@H]2[C@H](C)CC(=O)C(=C(C)C)[C@H]2C=C1C. The number of carbonyl (C=O) groups is 2. The summed E-state index contributed by atoms with van der Waals surface area (Å²) in [6.07, 6.45) is 3.47. The van der Waals surface area contributed by atoms with Crippen LogP contribution in [-0.4, -0.2) is 17.9 Å². The monoisotopic (exact) mass is 276 g/mol. The Morgan fingerprint density at radius 1 is 1.30 bits per heavy atom. The van der Waals surface area contributed by atoms with Gasteiger partial charge in [0.15, 0.2) is 5.78 Å². The normalized spacial score (nSPS) is 33.4. The molecule has 0 aromatic carbocycles. The average molecular weight is 276 g/mol. The van der Waals surface area contributed by atoms with Crippen LogP contribution in [0.15, 0.2) is 22.8 Å². The summed E-state index contributed by atoms with van der Waals surface area (Å²) in [6, 6.07) is 0. The molecule has 1 fully saturated rings. The third-order valence-corrected chi connectivity index (χ3v) is 4.62. The lowest BCUT2D eigenvalue weighted by Crippen LogP contribution is -2.40. The Morgan fingerprint density at radius 2 is 1.95 bits per heavy atom. The van der Waals surface area contributed by atoms with Crippen molar-refractivity contribution in [3.63, 3.8) is 0 Å². The summed E-state index contributed by atoms with van der Waals surface area (Å²) >= 11 is 0. The zero-order chi connectivity index (χ0) is 15.0. The molecule has 20 heavy (non-hydrogen) atoms. The van der Waals surface area contributed by atoms with Gasteiger partial charge in [0.1, 0.15) is 6.10 Å². The number of esters is 1. The first-order chi connectivity index (χ1) is 9.31. The van der Waals surface area contributed by atoms with E-state index in [2.05, 4.69) is 13.0 Å². The lowest BCUT2D eigenvalue weighted by atomic mass is 9.63. The second kappa shape index (κ2) is 5.55. The molecular formula is C17H24O3. The summed E-state index contributed by atoms with van der Waals surface area (Å²) in [4.78, 5) is 23.5. The van der Waals surface area contributed by atoms with Crippen LogP contribution in [0.25, 0.3) is 0 Å².